The van der Waals surface area contributed by atoms with Crippen molar-refractivity contribution in [1.82, 2.24) is 24.9 Å². The molecule has 1 aliphatic carbocycles. The van der Waals surface area contributed by atoms with Gasteiger partial charge in [-0.05, 0) is 49.9 Å². The molecule has 3 aromatic heterocycles. The van der Waals surface area contributed by atoms with Crippen molar-refractivity contribution in [3.05, 3.63) is 65.5 Å². The number of nitrogens with zero attached hydrogens (tertiary/aromatic N) is 4. The van der Waals surface area contributed by atoms with Gasteiger partial charge in [-0.1, -0.05) is 6.07 Å². The van der Waals surface area contributed by atoms with Gasteiger partial charge in [0.15, 0.2) is 23.0 Å². The van der Waals surface area contributed by atoms with Gasteiger partial charge in [-0.3, -0.25) is 9.59 Å². The second-order valence-corrected chi connectivity index (χ2v) is 9.30. The van der Waals surface area contributed by atoms with Crippen LogP contribution in [0.4, 0.5) is 14.6 Å². The first-order valence-corrected chi connectivity index (χ1v) is 12.3. The third-order valence-corrected chi connectivity index (χ3v) is 6.37. The second-order valence-electron chi connectivity index (χ2n) is 9.30. The lowest BCUT2D eigenvalue weighted by Crippen LogP contribution is -2.25. The van der Waals surface area contributed by atoms with Gasteiger partial charge in [-0.25, -0.2) is 18.9 Å². The van der Waals surface area contributed by atoms with E-state index in [1.54, 1.807) is 24.4 Å². The Bertz CT molecular complexity index is 1570. The number of aromatic nitrogens is 4. The molecule has 1 saturated carbocycles. The number of amides is 2. The number of hydrogen-bond donors (Lipinski definition) is 2. The van der Waals surface area contributed by atoms with Crippen molar-refractivity contribution >= 4 is 23.3 Å². The number of halogens is 2. The number of ether oxygens (including phenoxy) is 2. The molecule has 0 saturated heterocycles. The van der Waals surface area contributed by atoms with Gasteiger partial charge < -0.3 is 20.1 Å². The SMILES string of the molecule is COc1ncc(-c2ccc3nc(NC(C)=O)cn3n2)cc1C(=O)NCc1ccc(F)c(F)c1OC(C)C1CC1. The van der Waals surface area contributed by atoms with Gasteiger partial charge in [0.1, 0.15) is 5.56 Å². The lowest BCUT2D eigenvalue weighted by molar-refractivity contribution is -0.114. The Labute approximate surface area is 222 Å². The minimum absolute atomic E-state index is 0.0806. The predicted molar refractivity (Wildman–Crippen MR) is 137 cm³/mol. The van der Waals surface area contributed by atoms with Crippen LogP contribution in [0.3, 0.4) is 0 Å². The summed E-state index contributed by atoms with van der Waals surface area (Å²) in [5, 5.41) is 9.82. The molecule has 1 fully saturated rings. The molecule has 0 radical (unpaired) electrons. The van der Waals surface area contributed by atoms with Crippen LogP contribution >= 0.6 is 0 Å². The monoisotopic (exact) mass is 536 g/mol. The number of imidazole rings is 1. The van der Waals surface area contributed by atoms with Crippen LogP contribution in [0.15, 0.2) is 42.7 Å². The molecule has 3 heterocycles. The van der Waals surface area contributed by atoms with Crippen LogP contribution < -0.4 is 20.1 Å². The summed E-state index contributed by atoms with van der Waals surface area (Å²) in [7, 11) is 1.39. The number of rotatable bonds is 9. The molecule has 10 nitrogen and oxygen atoms in total. The maximum atomic E-state index is 14.6. The zero-order chi connectivity index (χ0) is 27.7. The molecule has 4 aromatic rings. The number of carbonyl (C=O) groups excluding carboxylic acids is 2. The van der Waals surface area contributed by atoms with Crippen LogP contribution in [0.5, 0.6) is 11.6 Å². The van der Waals surface area contributed by atoms with E-state index in [0.29, 0.717) is 34.2 Å². The molecule has 202 valence electrons. The van der Waals surface area contributed by atoms with Crippen LogP contribution in [0.2, 0.25) is 0 Å². The molecule has 2 N–H and O–H groups in total. The Kier molecular flexibility index (Phi) is 7.09. The van der Waals surface area contributed by atoms with Crippen LogP contribution in [0, 0.1) is 17.6 Å². The van der Waals surface area contributed by atoms with Crippen molar-refractivity contribution in [2.24, 2.45) is 5.92 Å². The maximum absolute atomic E-state index is 14.6. The molecule has 1 unspecified atom stereocenters. The van der Waals surface area contributed by atoms with Crippen molar-refractivity contribution in [2.75, 3.05) is 12.4 Å². The highest BCUT2D eigenvalue weighted by Crippen LogP contribution is 2.36. The molecular weight excluding hydrogens is 510 g/mol. The number of carbonyl (C=O) groups is 2. The lowest BCUT2D eigenvalue weighted by atomic mass is 10.1. The van der Waals surface area contributed by atoms with E-state index in [-0.39, 0.29) is 35.7 Å². The van der Waals surface area contributed by atoms with E-state index in [0.717, 1.165) is 18.9 Å². The van der Waals surface area contributed by atoms with Crippen molar-refractivity contribution in [2.45, 2.75) is 39.3 Å². The Balaban J connectivity index is 1.38. The Hall–Kier alpha value is -4.61. The highest BCUT2D eigenvalue weighted by Gasteiger charge is 2.31. The molecule has 1 aromatic carbocycles. The van der Waals surface area contributed by atoms with Gasteiger partial charge in [0.2, 0.25) is 17.6 Å². The zero-order valence-electron chi connectivity index (χ0n) is 21.5. The molecule has 2 amide bonds. The molecule has 0 spiro atoms. The Morgan fingerprint density at radius 2 is 2.00 bits per heavy atom. The molecule has 12 heteroatoms. The fourth-order valence-electron chi connectivity index (χ4n) is 4.15. The van der Waals surface area contributed by atoms with Gasteiger partial charge >= 0.3 is 0 Å². The summed E-state index contributed by atoms with van der Waals surface area (Å²) in [6.45, 7) is 3.09. The van der Waals surface area contributed by atoms with Gasteiger partial charge in [0, 0.05) is 30.8 Å². The van der Waals surface area contributed by atoms with E-state index in [9.17, 15) is 18.4 Å². The van der Waals surface area contributed by atoms with Gasteiger partial charge in [-0.2, -0.15) is 9.49 Å². The summed E-state index contributed by atoms with van der Waals surface area (Å²) in [6, 6.07) is 7.38. The second kappa shape index (κ2) is 10.6. The number of hydrogen-bond acceptors (Lipinski definition) is 7. The predicted octanol–water partition coefficient (Wildman–Crippen LogP) is 4.14. The summed E-state index contributed by atoms with van der Waals surface area (Å²) < 4.78 is 41.1. The highest BCUT2D eigenvalue weighted by atomic mass is 19.2. The van der Waals surface area contributed by atoms with Crippen LogP contribution in [0.25, 0.3) is 16.9 Å². The fraction of sp³-hybridized carbons (Fsp3) is 0.296. The molecular formula is C27H26F2N6O4. The third-order valence-electron chi connectivity index (χ3n) is 6.37. The van der Waals surface area contributed by atoms with E-state index in [2.05, 4.69) is 25.7 Å². The fourth-order valence-corrected chi connectivity index (χ4v) is 4.15. The number of pyridine rings is 1. The highest BCUT2D eigenvalue weighted by molar-refractivity contribution is 5.97. The minimum atomic E-state index is -1.09. The zero-order valence-corrected chi connectivity index (χ0v) is 21.5. The first-order chi connectivity index (χ1) is 18.7. The van der Waals surface area contributed by atoms with E-state index in [4.69, 9.17) is 9.47 Å². The largest absolute Gasteiger partial charge is 0.487 e. The van der Waals surface area contributed by atoms with E-state index < -0.39 is 17.5 Å². The summed E-state index contributed by atoms with van der Waals surface area (Å²) >= 11 is 0. The van der Waals surface area contributed by atoms with Crippen molar-refractivity contribution < 1.29 is 27.8 Å². The average molecular weight is 537 g/mol. The van der Waals surface area contributed by atoms with Crippen molar-refractivity contribution in [1.29, 1.82) is 0 Å². The van der Waals surface area contributed by atoms with Crippen molar-refractivity contribution in [3.63, 3.8) is 0 Å². The molecule has 0 aliphatic heterocycles. The minimum Gasteiger partial charge on any atom is -0.487 e. The number of fused-ring (bicyclic) bond motifs is 1. The number of methoxy groups -OCH3 is 1. The molecule has 1 aliphatic rings. The summed E-state index contributed by atoms with van der Waals surface area (Å²) in [5.41, 5.74) is 1.96. The smallest absolute Gasteiger partial charge is 0.257 e. The summed E-state index contributed by atoms with van der Waals surface area (Å²) in [6.07, 6.45) is 4.76. The average Bonchev–Trinajstić information content (AvgIpc) is 3.70. The Morgan fingerprint density at radius 1 is 1.21 bits per heavy atom. The Morgan fingerprint density at radius 3 is 2.72 bits per heavy atom. The summed E-state index contributed by atoms with van der Waals surface area (Å²) in [5.74, 6) is -2.36. The standard InChI is InChI=1S/C27H26F2N6O4/c1-14(16-4-5-16)39-25-17(6-7-20(28)24(25)29)11-30-26(37)19-10-18(12-31-27(19)38-3)21-8-9-23-33-22(32-15(2)36)13-35(23)34-21/h6-10,12-14,16H,4-5,11H2,1-3H3,(H,30,37)(H,32,36). The number of benzene rings is 1. The van der Waals surface area contributed by atoms with Gasteiger partial charge in [0.05, 0.1) is 25.1 Å². The topological polar surface area (TPSA) is 120 Å². The lowest BCUT2D eigenvalue weighted by Gasteiger charge is -2.18. The van der Waals surface area contributed by atoms with E-state index in [1.807, 2.05) is 6.92 Å². The quantitative estimate of drug-likeness (QED) is 0.330. The first kappa shape index (κ1) is 26.0. The maximum Gasteiger partial charge on any atom is 0.257 e. The van der Waals surface area contributed by atoms with Crippen LogP contribution in [0.1, 0.15) is 42.6 Å². The van der Waals surface area contributed by atoms with Crippen LogP contribution in [-0.2, 0) is 11.3 Å². The third kappa shape index (κ3) is 5.64. The molecule has 0 bridgehead atoms. The molecule has 1 atom stereocenters. The van der Waals surface area contributed by atoms with Gasteiger partial charge in [-0.15, -0.1) is 0 Å². The van der Waals surface area contributed by atoms with Gasteiger partial charge in [0.25, 0.3) is 5.91 Å². The van der Waals surface area contributed by atoms with E-state index in [1.165, 1.54) is 30.8 Å². The molecule has 5 rings (SSSR count). The van der Waals surface area contributed by atoms with Crippen molar-refractivity contribution in [3.8, 4) is 22.9 Å². The normalized spacial score (nSPS) is 13.7. The van der Waals surface area contributed by atoms with E-state index >= 15 is 0 Å². The van der Waals surface area contributed by atoms with Crippen LogP contribution in [-0.4, -0.2) is 44.6 Å². The summed E-state index contributed by atoms with van der Waals surface area (Å²) in [4.78, 5) is 33.0. The number of anilines is 1. The molecule has 39 heavy (non-hydrogen) atoms. The number of nitrogens with one attached hydrogen (secondary N) is 2. The first-order valence-electron chi connectivity index (χ1n) is 12.3.